The Balaban J connectivity index is 4.47. The lowest BCUT2D eigenvalue weighted by Gasteiger charge is -2.18. The van der Waals surface area contributed by atoms with Crippen LogP contribution in [0.25, 0.3) is 0 Å². The molecule has 0 spiro atoms. The summed E-state index contributed by atoms with van der Waals surface area (Å²) in [4.78, 5) is 38.0. The monoisotopic (exact) mass is 859 g/mol. The summed E-state index contributed by atoms with van der Waals surface area (Å²) < 4.78 is 16.7. The summed E-state index contributed by atoms with van der Waals surface area (Å²) in [6.07, 6.45) is 66.4. The number of hydrogen-bond acceptors (Lipinski definition) is 6. The lowest BCUT2D eigenvalue weighted by Crippen LogP contribution is -2.30. The minimum atomic E-state index is -0.800. The minimum Gasteiger partial charge on any atom is -0.462 e. The molecule has 350 valence electrons. The van der Waals surface area contributed by atoms with Crippen molar-refractivity contribution in [1.29, 1.82) is 0 Å². The van der Waals surface area contributed by atoms with E-state index in [1.807, 2.05) is 0 Å². The molecule has 0 aromatic carbocycles. The van der Waals surface area contributed by atoms with E-state index >= 15 is 0 Å². The molecule has 0 aromatic heterocycles. The molecule has 0 aliphatic heterocycles. The average Bonchev–Trinajstić information content (AvgIpc) is 3.27. The van der Waals surface area contributed by atoms with E-state index in [-0.39, 0.29) is 31.1 Å². The Morgan fingerprint density at radius 1 is 0.339 bits per heavy atom. The van der Waals surface area contributed by atoms with Crippen LogP contribution in [0.3, 0.4) is 0 Å². The van der Waals surface area contributed by atoms with Crippen molar-refractivity contribution in [3.8, 4) is 0 Å². The molecule has 1 atom stereocenters. The van der Waals surface area contributed by atoms with Crippen molar-refractivity contribution in [3.05, 3.63) is 109 Å². The zero-order valence-corrected chi connectivity index (χ0v) is 39.8. The number of rotatable bonds is 43. The lowest BCUT2D eigenvalue weighted by atomic mass is 10.1. The number of allylic oxidation sites excluding steroid dienone is 18. The molecule has 0 radical (unpaired) electrons. The third-order valence-electron chi connectivity index (χ3n) is 10.1. The standard InChI is InChI=1S/C56H90O6/c1-4-7-10-13-16-19-22-25-27-29-31-34-37-40-43-46-49-55(58)61-52-53(51-60-54(57)48-45-42-39-36-33-30-24-21-18-15-12-9-6-3)62-56(59)50-47-44-41-38-35-32-28-26-23-20-17-14-11-8-5-2/h7-12,14-21,23-25,27,53H,4-6,13,22,26,28-52H2,1-3H3/b10-7-,11-8-,12-9-,17-14-,18-15-,19-16-,23-20-,24-21-,27-25-. The van der Waals surface area contributed by atoms with E-state index in [0.29, 0.717) is 19.3 Å². The van der Waals surface area contributed by atoms with Gasteiger partial charge in [-0.25, -0.2) is 0 Å². The molecule has 0 saturated heterocycles. The number of carbonyl (C=O) groups excluding carboxylic acids is 3. The SMILES string of the molecule is CC\C=C/C=C\C=C/CCCCCCCCCC(=O)OC(COC(=O)CCCCCCC\C=C/C=C\C=C/CC)COC(=O)CCCCCCCC/C=C\C/C=C\C/C=C\CC. The van der Waals surface area contributed by atoms with Gasteiger partial charge in [0, 0.05) is 19.3 Å². The Morgan fingerprint density at radius 3 is 1.08 bits per heavy atom. The highest BCUT2D eigenvalue weighted by molar-refractivity contribution is 5.71. The highest BCUT2D eigenvalue weighted by Crippen LogP contribution is 2.14. The Morgan fingerprint density at radius 2 is 0.661 bits per heavy atom. The van der Waals surface area contributed by atoms with Crippen LogP contribution in [0.2, 0.25) is 0 Å². The van der Waals surface area contributed by atoms with E-state index in [0.717, 1.165) is 135 Å². The Labute approximate surface area is 380 Å². The summed E-state index contributed by atoms with van der Waals surface area (Å²) in [7, 11) is 0. The molecule has 6 nitrogen and oxygen atoms in total. The van der Waals surface area contributed by atoms with Crippen LogP contribution in [-0.2, 0) is 28.6 Å². The summed E-state index contributed by atoms with van der Waals surface area (Å²) >= 11 is 0. The van der Waals surface area contributed by atoms with Crippen molar-refractivity contribution in [2.24, 2.45) is 0 Å². The van der Waals surface area contributed by atoms with Gasteiger partial charge in [0.2, 0.25) is 0 Å². The van der Waals surface area contributed by atoms with Crippen LogP contribution in [0.4, 0.5) is 0 Å². The minimum absolute atomic E-state index is 0.0991. The van der Waals surface area contributed by atoms with Gasteiger partial charge in [0.05, 0.1) is 0 Å². The topological polar surface area (TPSA) is 78.9 Å². The van der Waals surface area contributed by atoms with Crippen molar-refractivity contribution >= 4 is 17.9 Å². The molecule has 0 aliphatic rings. The molecule has 0 heterocycles. The highest BCUT2D eigenvalue weighted by Gasteiger charge is 2.19. The van der Waals surface area contributed by atoms with Crippen molar-refractivity contribution in [2.75, 3.05) is 13.2 Å². The van der Waals surface area contributed by atoms with Gasteiger partial charge in [-0.3, -0.25) is 14.4 Å². The van der Waals surface area contributed by atoms with Crippen LogP contribution >= 0.6 is 0 Å². The smallest absolute Gasteiger partial charge is 0.306 e. The van der Waals surface area contributed by atoms with E-state index < -0.39 is 6.10 Å². The molecular weight excluding hydrogens is 769 g/mol. The van der Waals surface area contributed by atoms with Crippen LogP contribution in [-0.4, -0.2) is 37.2 Å². The van der Waals surface area contributed by atoms with E-state index in [9.17, 15) is 14.4 Å². The predicted molar refractivity (Wildman–Crippen MR) is 265 cm³/mol. The van der Waals surface area contributed by atoms with Gasteiger partial charge in [-0.2, -0.15) is 0 Å². The molecule has 1 unspecified atom stereocenters. The van der Waals surface area contributed by atoms with Crippen molar-refractivity contribution < 1.29 is 28.6 Å². The summed E-state index contributed by atoms with van der Waals surface area (Å²) in [5, 5.41) is 0. The summed E-state index contributed by atoms with van der Waals surface area (Å²) in [5.74, 6) is -0.951. The molecule has 62 heavy (non-hydrogen) atoms. The van der Waals surface area contributed by atoms with Gasteiger partial charge in [0.1, 0.15) is 13.2 Å². The largest absolute Gasteiger partial charge is 0.462 e. The van der Waals surface area contributed by atoms with Crippen LogP contribution in [0.5, 0.6) is 0 Å². The first kappa shape index (κ1) is 58.1. The Bertz CT molecular complexity index is 1310. The van der Waals surface area contributed by atoms with Crippen LogP contribution in [0.1, 0.15) is 207 Å². The fourth-order valence-electron chi connectivity index (χ4n) is 6.46. The van der Waals surface area contributed by atoms with Crippen molar-refractivity contribution in [2.45, 2.75) is 213 Å². The number of carbonyl (C=O) groups is 3. The van der Waals surface area contributed by atoms with Crippen molar-refractivity contribution in [1.82, 2.24) is 0 Å². The number of hydrogen-bond donors (Lipinski definition) is 0. The molecule has 0 fully saturated rings. The predicted octanol–water partition coefficient (Wildman–Crippen LogP) is 16.4. The first-order valence-corrected chi connectivity index (χ1v) is 25.0. The van der Waals surface area contributed by atoms with Crippen LogP contribution < -0.4 is 0 Å². The maximum atomic E-state index is 12.8. The zero-order valence-electron chi connectivity index (χ0n) is 39.8. The van der Waals surface area contributed by atoms with Gasteiger partial charge < -0.3 is 14.2 Å². The van der Waals surface area contributed by atoms with E-state index in [1.165, 1.54) is 32.1 Å². The molecule has 0 saturated carbocycles. The van der Waals surface area contributed by atoms with E-state index in [4.69, 9.17) is 14.2 Å². The molecule has 0 bridgehead atoms. The fourth-order valence-corrected chi connectivity index (χ4v) is 6.46. The second-order valence-corrected chi connectivity index (χ2v) is 16.1. The first-order chi connectivity index (χ1) is 30.5. The van der Waals surface area contributed by atoms with Gasteiger partial charge in [-0.05, 0) is 89.9 Å². The lowest BCUT2D eigenvalue weighted by molar-refractivity contribution is -0.167. The molecule has 6 heteroatoms. The van der Waals surface area contributed by atoms with E-state index in [2.05, 4.69) is 130 Å². The van der Waals surface area contributed by atoms with Gasteiger partial charge in [-0.1, -0.05) is 207 Å². The maximum Gasteiger partial charge on any atom is 0.306 e. The first-order valence-electron chi connectivity index (χ1n) is 25.0. The van der Waals surface area contributed by atoms with E-state index in [1.54, 1.807) is 0 Å². The van der Waals surface area contributed by atoms with Crippen LogP contribution in [0, 0.1) is 0 Å². The third kappa shape index (κ3) is 47.1. The Kier molecular flexibility index (Phi) is 46.6. The summed E-state index contributed by atoms with van der Waals surface area (Å²) in [5.41, 5.74) is 0. The molecule has 0 N–H and O–H groups in total. The second kappa shape index (κ2) is 49.7. The highest BCUT2D eigenvalue weighted by atomic mass is 16.6. The molecule has 0 aromatic rings. The third-order valence-corrected chi connectivity index (χ3v) is 10.1. The molecule has 0 rings (SSSR count). The number of unbranched alkanes of at least 4 members (excludes halogenated alkanes) is 18. The quantitative estimate of drug-likeness (QED) is 0.0200. The van der Waals surface area contributed by atoms with Gasteiger partial charge in [0.25, 0.3) is 0 Å². The maximum absolute atomic E-state index is 12.8. The Hall–Kier alpha value is -3.93. The van der Waals surface area contributed by atoms with Gasteiger partial charge in [0.15, 0.2) is 6.10 Å². The second-order valence-electron chi connectivity index (χ2n) is 16.1. The normalized spacial score (nSPS) is 13.0. The van der Waals surface area contributed by atoms with Crippen LogP contribution in [0.15, 0.2) is 109 Å². The number of ether oxygens (including phenoxy) is 3. The zero-order chi connectivity index (χ0) is 45.1. The molecule has 0 amide bonds. The summed E-state index contributed by atoms with van der Waals surface area (Å²) in [6, 6.07) is 0. The average molecular weight is 859 g/mol. The van der Waals surface area contributed by atoms with Crippen molar-refractivity contribution in [3.63, 3.8) is 0 Å². The van der Waals surface area contributed by atoms with Gasteiger partial charge in [-0.15, -0.1) is 0 Å². The summed E-state index contributed by atoms with van der Waals surface area (Å²) in [6.45, 7) is 6.21. The fraction of sp³-hybridized carbons (Fsp3) is 0.625. The molecule has 0 aliphatic carbocycles. The number of esters is 3. The molecular formula is C56H90O6. The van der Waals surface area contributed by atoms with Gasteiger partial charge >= 0.3 is 17.9 Å².